The number of aromatic nitrogens is 1. The van der Waals surface area contributed by atoms with Crippen LogP contribution in [0, 0.1) is 5.82 Å². The van der Waals surface area contributed by atoms with Crippen LogP contribution in [0.5, 0.6) is 5.75 Å². The molecule has 0 saturated carbocycles. The van der Waals surface area contributed by atoms with Gasteiger partial charge in [0.05, 0.1) is 13.7 Å². The summed E-state index contributed by atoms with van der Waals surface area (Å²) in [5, 5.41) is 0. The number of aryl methyl sites for hydroxylation is 1. The first-order valence-electron chi connectivity index (χ1n) is 6.65. The van der Waals surface area contributed by atoms with E-state index in [4.69, 9.17) is 4.74 Å². The number of Topliss-reactive ketones (excluding diaryl/α,β-unsaturated/α-hetero) is 1. The molecule has 5 heteroatoms. The quantitative estimate of drug-likeness (QED) is 0.767. The van der Waals surface area contributed by atoms with E-state index in [2.05, 4.69) is 0 Å². The third-order valence-corrected chi connectivity index (χ3v) is 3.24. The van der Waals surface area contributed by atoms with E-state index in [1.807, 2.05) is 29.8 Å². The maximum atomic E-state index is 13.6. The second-order valence-electron chi connectivity index (χ2n) is 5.13. The number of ether oxygens (including phenoxy) is 1. The first-order valence-corrected chi connectivity index (χ1v) is 6.65. The molecular weight excluding hydrogens is 271 g/mol. The van der Waals surface area contributed by atoms with E-state index in [0.29, 0.717) is 12.1 Å². The van der Waals surface area contributed by atoms with Gasteiger partial charge < -0.3 is 9.30 Å². The molecular formula is C16H19FN2O2. The third kappa shape index (κ3) is 3.92. The van der Waals surface area contributed by atoms with E-state index < -0.39 is 5.82 Å². The van der Waals surface area contributed by atoms with Crippen LogP contribution in [-0.2, 0) is 13.6 Å². The highest BCUT2D eigenvalue weighted by atomic mass is 19.1. The lowest BCUT2D eigenvalue weighted by Crippen LogP contribution is -2.25. The van der Waals surface area contributed by atoms with Crippen LogP contribution in [0.15, 0.2) is 36.7 Å². The third-order valence-electron chi connectivity index (χ3n) is 3.24. The van der Waals surface area contributed by atoms with Crippen molar-refractivity contribution in [3.63, 3.8) is 0 Å². The van der Waals surface area contributed by atoms with Crippen molar-refractivity contribution in [3.05, 3.63) is 53.6 Å². The zero-order valence-corrected chi connectivity index (χ0v) is 12.5. The number of hydrogen-bond donors (Lipinski definition) is 0. The average Bonchev–Trinajstić information content (AvgIpc) is 2.85. The highest BCUT2D eigenvalue weighted by molar-refractivity contribution is 5.97. The van der Waals surface area contributed by atoms with E-state index in [9.17, 15) is 9.18 Å². The summed E-state index contributed by atoms with van der Waals surface area (Å²) in [5.41, 5.74) is 1.49. The summed E-state index contributed by atoms with van der Waals surface area (Å²) >= 11 is 0. The van der Waals surface area contributed by atoms with Crippen molar-refractivity contribution in [2.75, 3.05) is 20.7 Å². The summed E-state index contributed by atoms with van der Waals surface area (Å²) in [6.45, 7) is 0.789. The number of methoxy groups -OCH3 is 1. The van der Waals surface area contributed by atoms with Gasteiger partial charge in [0.15, 0.2) is 17.3 Å². The monoisotopic (exact) mass is 290 g/mol. The van der Waals surface area contributed by atoms with E-state index in [1.165, 1.54) is 13.2 Å². The smallest absolute Gasteiger partial charge is 0.178 e. The minimum absolute atomic E-state index is 0.0482. The highest BCUT2D eigenvalue weighted by Gasteiger charge is 2.11. The Morgan fingerprint density at radius 2 is 2.14 bits per heavy atom. The van der Waals surface area contributed by atoms with Gasteiger partial charge in [-0.3, -0.25) is 9.69 Å². The van der Waals surface area contributed by atoms with Gasteiger partial charge in [-0.15, -0.1) is 0 Å². The van der Waals surface area contributed by atoms with Gasteiger partial charge in [-0.2, -0.15) is 0 Å². The molecule has 0 spiro atoms. The van der Waals surface area contributed by atoms with Crippen LogP contribution in [0.4, 0.5) is 4.39 Å². The highest BCUT2D eigenvalue weighted by Crippen LogP contribution is 2.18. The summed E-state index contributed by atoms with van der Waals surface area (Å²) in [5.74, 6) is -0.119. The molecule has 0 unspecified atom stereocenters. The second kappa shape index (κ2) is 6.54. The molecule has 0 bridgehead atoms. The molecule has 0 fully saturated rings. The number of halogens is 1. The Bertz CT molecular complexity index is 637. The standard InChI is InChI=1S/C16H19FN2O2/c1-18-7-6-13(10-18)15(20)11-19(2)9-12-4-5-16(21-3)14(17)8-12/h4-8,10H,9,11H2,1-3H3. The van der Waals surface area contributed by atoms with Crippen LogP contribution in [0.2, 0.25) is 0 Å². The fourth-order valence-electron chi connectivity index (χ4n) is 2.18. The first-order chi connectivity index (χ1) is 9.99. The van der Waals surface area contributed by atoms with Crippen molar-refractivity contribution >= 4 is 5.78 Å². The maximum absolute atomic E-state index is 13.6. The molecule has 4 nitrogen and oxygen atoms in total. The van der Waals surface area contributed by atoms with Gasteiger partial charge in [-0.25, -0.2) is 4.39 Å². The van der Waals surface area contributed by atoms with Crippen molar-refractivity contribution in [1.29, 1.82) is 0 Å². The van der Waals surface area contributed by atoms with E-state index in [0.717, 1.165) is 5.56 Å². The predicted octanol–water partition coefficient (Wildman–Crippen LogP) is 2.49. The molecule has 0 atom stereocenters. The number of rotatable bonds is 6. The van der Waals surface area contributed by atoms with Crippen molar-refractivity contribution in [2.24, 2.45) is 7.05 Å². The van der Waals surface area contributed by atoms with Gasteiger partial charge in [0.25, 0.3) is 0 Å². The summed E-state index contributed by atoms with van der Waals surface area (Å²) in [4.78, 5) is 13.9. The number of carbonyl (C=O) groups excluding carboxylic acids is 1. The van der Waals surface area contributed by atoms with Crippen LogP contribution < -0.4 is 4.74 Å². The lowest BCUT2D eigenvalue weighted by molar-refractivity contribution is 0.0943. The molecule has 0 aliphatic carbocycles. The summed E-state index contributed by atoms with van der Waals surface area (Å²) in [7, 11) is 5.15. The molecule has 0 radical (unpaired) electrons. The number of likely N-dealkylation sites (N-methyl/N-ethyl adjacent to an activating group) is 1. The van der Waals surface area contributed by atoms with Gasteiger partial charge in [0, 0.05) is 31.5 Å². The minimum Gasteiger partial charge on any atom is -0.494 e. The molecule has 0 aliphatic heterocycles. The molecule has 0 amide bonds. The van der Waals surface area contributed by atoms with Crippen LogP contribution in [0.3, 0.4) is 0 Å². The van der Waals surface area contributed by atoms with E-state index >= 15 is 0 Å². The fourth-order valence-corrected chi connectivity index (χ4v) is 2.18. The van der Waals surface area contributed by atoms with Crippen molar-refractivity contribution in [3.8, 4) is 5.75 Å². The number of ketones is 1. The van der Waals surface area contributed by atoms with Gasteiger partial charge in [0.2, 0.25) is 0 Å². The Morgan fingerprint density at radius 1 is 1.38 bits per heavy atom. The molecule has 112 valence electrons. The molecule has 1 aromatic carbocycles. The normalized spacial score (nSPS) is 10.9. The van der Waals surface area contributed by atoms with Crippen molar-refractivity contribution in [2.45, 2.75) is 6.54 Å². The Hall–Kier alpha value is -2.14. The lowest BCUT2D eigenvalue weighted by atomic mass is 10.1. The summed E-state index contributed by atoms with van der Waals surface area (Å²) in [6, 6.07) is 6.62. The molecule has 2 rings (SSSR count). The zero-order valence-electron chi connectivity index (χ0n) is 12.5. The summed E-state index contributed by atoms with van der Waals surface area (Å²) in [6.07, 6.45) is 3.63. The van der Waals surface area contributed by atoms with Crippen LogP contribution >= 0.6 is 0 Å². The SMILES string of the molecule is COc1ccc(CN(C)CC(=O)c2ccn(C)c2)cc1F. The average molecular weight is 290 g/mol. The number of hydrogen-bond acceptors (Lipinski definition) is 3. The van der Waals surface area contributed by atoms with Gasteiger partial charge in [-0.1, -0.05) is 6.07 Å². The molecule has 0 saturated heterocycles. The van der Waals surface area contributed by atoms with Crippen LogP contribution in [-0.4, -0.2) is 36.0 Å². The van der Waals surface area contributed by atoms with Crippen molar-refractivity contribution < 1.29 is 13.9 Å². The van der Waals surface area contributed by atoms with E-state index in [1.54, 1.807) is 24.4 Å². The predicted molar refractivity (Wildman–Crippen MR) is 79.0 cm³/mol. The van der Waals surface area contributed by atoms with Gasteiger partial charge >= 0.3 is 0 Å². The molecule has 2 aromatic rings. The van der Waals surface area contributed by atoms with Crippen molar-refractivity contribution in [1.82, 2.24) is 9.47 Å². The van der Waals surface area contributed by atoms with Crippen LogP contribution in [0.1, 0.15) is 15.9 Å². The number of nitrogens with zero attached hydrogens (tertiary/aromatic N) is 2. The summed E-state index contributed by atoms with van der Waals surface area (Å²) < 4.78 is 20.3. The first kappa shape index (κ1) is 15.3. The maximum Gasteiger partial charge on any atom is 0.178 e. The second-order valence-corrected chi connectivity index (χ2v) is 5.13. The lowest BCUT2D eigenvalue weighted by Gasteiger charge is -2.16. The number of carbonyl (C=O) groups is 1. The zero-order chi connectivity index (χ0) is 15.4. The Labute approximate surface area is 123 Å². The Kier molecular flexibility index (Phi) is 4.75. The molecule has 21 heavy (non-hydrogen) atoms. The molecule has 0 aliphatic rings. The fraction of sp³-hybridized carbons (Fsp3) is 0.312. The topological polar surface area (TPSA) is 34.5 Å². The Morgan fingerprint density at radius 3 is 2.71 bits per heavy atom. The Balaban J connectivity index is 1.96. The van der Waals surface area contributed by atoms with Crippen LogP contribution in [0.25, 0.3) is 0 Å². The molecule has 1 aromatic heterocycles. The molecule has 1 heterocycles. The van der Waals surface area contributed by atoms with E-state index in [-0.39, 0.29) is 18.1 Å². The molecule has 0 N–H and O–H groups in total. The largest absolute Gasteiger partial charge is 0.494 e. The number of benzene rings is 1. The van der Waals surface area contributed by atoms with Gasteiger partial charge in [0.1, 0.15) is 0 Å². The minimum atomic E-state index is -0.391. The van der Waals surface area contributed by atoms with Gasteiger partial charge in [-0.05, 0) is 30.8 Å².